The van der Waals surface area contributed by atoms with E-state index in [0.717, 1.165) is 25.1 Å². The highest BCUT2D eigenvalue weighted by Gasteiger charge is 2.19. The number of aromatic nitrogens is 1. The van der Waals surface area contributed by atoms with Crippen LogP contribution in [-0.4, -0.2) is 41.5 Å². The van der Waals surface area contributed by atoms with Gasteiger partial charge < -0.3 is 14.7 Å². The van der Waals surface area contributed by atoms with Gasteiger partial charge in [0.1, 0.15) is 5.75 Å². The largest absolute Gasteiger partial charge is 0.494 e. The molecular weight excluding hydrogens is 468 g/mol. The maximum Gasteiger partial charge on any atom is 0.265 e. The molecule has 2 N–H and O–H groups in total. The number of amides is 1. The van der Waals surface area contributed by atoms with Crippen LogP contribution in [0.1, 0.15) is 24.5 Å². The van der Waals surface area contributed by atoms with Gasteiger partial charge in [0.05, 0.1) is 30.6 Å². The van der Waals surface area contributed by atoms with E-state index in [-0.39, 0.29) is 23.9 Å². The first-order valence-electron chi connectivity index (χ1n) is 12.3. The van der Waals surface area contributed by atoms with Crippen LogP contribution in [0, 0.1) is 0 Å². The third kappa shape index (κ3) is 4.91. The number of hydrogen-bond acceptors (Lipinski definition) is 6. The Morgan fingerprint density at radius 2 is 1.78 bits per heavy atom. The molecule has 4 aromatic rings. The Morgan fingerprint density at radius 3 is 2.57 bits per heavy atom. The summed E-state index contributed by atoms with van der Waals surface area (Å²) in [5, 5.41) is 16.2. The Kier molecular flexibility index (Phi) is 6.89. The molecule has 0 bridgehead atoms. The number of aryl methyl sites for hydroxylation is 1. The van der Waals surface area contributed by atoms with Crippen molar-refractivity contribution >= 4 is 28.6 Å². The number of rotatable bonds is 7. The quantitative estimate of drug-likeness (QED) is 0.298. The van der Waals surface area contributed by atoms with Crippen molar-refractivity contribution in [3.05, 3.63) is 94.3 Å². The van der Waals surface area contributed by atoms with Crippen molar-refractivity contribution in [1.82, 2.24) is 9.99 Å². The molecule has 0 radical (unpaired) electrons. The Labute approximate surface area is 214 Å². The number of carbonyl (C=O) groups is 1. The second-order valence-electron chi connectivity index (χ2n) is 8.80. The molecule has 0 saturated heterocycles. The molecule has 1 aromatic heterocycles. The lowest BCUT2D eigenvalue weighted by Crippen LogP contribution is -2.38. The van der Waals surface area contributed by atoms with Crippen molar-refractivity contribution in [1.29, 1.82) is 0 Å². The molecule has 37 heavy (non-hydrogen) atoms. The number of nitrogens with one attached hydrogen (secondary N) is 1. The highest BCUT2D eigenvalue weighted by molar-refractivity contribution is 6.02. The molecule has 5 rings (SSSR count). The molecule has 8 nitrogen and oxygen atoms in total. The molecule has 0 unspecified atom stereocenters. The van der Waals surface area contributed by atoms with Crippen LogP contribution in [0.4, 0.5) is 5.69 Å². The average Bonchev–Trinajstić information content (AvgIpc) is 2.92. The van der Waals surface area contributed by atoms with E-state index in [9.17, 15) is 14.7 Å². The molecule has 3 aromatic carbocycles. The molecule has 1 aliphatic heterocycles. The lowest BCUT2D eigenvalue weighted by atomic mass is 10.0. The second kappa shape index (κ2) is 10.6. The van der Waals surface area contributed by atoms with Crippen molar-refractivity contribution in [2.24, 2.45) is 5.10 Å². The molecule has 188 valence electrons. The highest BCUT2D eigenvalue weighted by Crippen LogP contribution is 2.27. The topological polar surface area (TPSA) is 96.2 Å². The van der Waals surface area contributed by atoms with Crippen LogP contribution in [0.15, 0.2) is 82.7 Å². The van der Waals surface area contributed by atoms with E-state index < -0.39 is 0 Å². The minimum atomic E-state index is -0.359. The number of carbonyl (C=O) groups excluding carboxylic acids is 1. The van der Waals surface area contributed by atoms with Crippen molar-refractivity contribution in [3.8, 4) is 17.3 Å². The Balaban J connectivity index is 1.42. The van der Waals surface area contributed by atoms with E-state index in [1.165, 1.54) is 16.3 Å². The summed E-state index contributed by atoms with van der Waals surface area (Å²) in [6, 6.07) is 22.0. The summed E-state index contributed by atoms with van der Waals surface area (Å²) in [6.07, 6.45) is 3.37. The minimum Gasteiger partial charge on any atom is -0.494 e. The summed E-state index contributed by atoms with van der Waals surface area (Å²) in [4.78, 5) is 28.0. The monoisotopic (exact) mass is 496 g/mol. The number of hydrazone groups is 1. The number of fused-ring (bicyclic) bond motifs is 2. The number of nitrogens with zero attached hydrogens (tertiary/aromatic N) is 3. The van der Waals surface area contributed by atoms with Gasteiger partial charge in [0.2, 0.25) is 5.88 Å². The van der Waals surface area contributed by atoms with Crippen LogP contribution in [-0.2, 0) is 11.2 Å². The molecule has 1 amide bonds. The van der Waals surface area contributed by atoms with Gasteiger partial charge in [-0.15, -0.1) is 0 Å². The first-order valence-corrected chi connectivity index (χ1v) is 12.3. The number of benzene rings is 3. The van der Waals surface area contributed by atoms with E-state index in [0.29, 0.717) is 34.4 Å². The second-order valence-corrected chi connectivity index (χ2v) is 8.80. The third-order valence-electron chi connectivity index (χ3n) is 6.43. The summed E-state index contributed by atoms with van der Waals surface area (Å²) in [5.41, 5.74) is 5.33. The Morgan fingerprint density at radius 1 is 1.05 bits per heavy atom. The number of para-hydroxylation sites is 1. The lowest BCUT2D eigenvalue weighted by molar-refractivity contribution is -0.119. The highest BCUT2D eigenvalue weighted by atomic mass is 16.5. The normalized spacial score (nSPS) is 13.1. The van der Waals surface area contributed by atoms with Crippen LogP contribution in [0.25, 0.3) is 16.5 Å². The number of anilines is 1. The number of aromatic hydroxyl groups is 1. The maximum atomic E-state index is 13.3. The van der Waals surface area contributed by atoms with Gasteiger partial charge in [0.25, 0.3) is 11.5 Å². The number of ether oxygens (including phenoxy) is 1. The van der Waals surface area contributed by atoms with Gasteiger partial charge in [0, 0.05) is 23.0 Å². The van der Waals surface area contributed by atoms with Crippen LogP contribution >= 0.6 is 0 Å². The zero-order valence-corrected chi connectivity index (χ0v) is 20.6. The minimum absolute atomic E-state index is 0.173. The first-order chi connectivity index (χ1) is 18.1. The summed E-state index contributed by atoms with van der Waals surface area (Å²) in [7, 11) is 0. The summed E-state index contributed by atoms with van der Waals surface area (Å²) < 4.78 is 6.71. The molecule has 0 spiro atoms. The van der Waals surface area contributed by atoms with Crippen LogP contribution in [0.3, 0.4) is 0 Å². The summed E-state index contributed by atoms with van der Waals surface area (Å²) in [6.45, 7) is 3.39. The zero-order valence-electron chi connectivity index (χ0n) is 20.6. The predicted molar refractivity (Wildman–Crippen MR) is 145 cm³/mol. The van der Waals surface area contributed by atoms with E-state index >= 15 is 0 Å². The smallest absolute Gasteiger partial charge is 0.265 e. The van der Waals surface area contributed by atoms with E-state index in [2.05, 4.69) is 16.6 Å². The molecule has 0 fully saturated rings. The summed E-state index contributed by atoms with van der Waals surface area (Å²) >= 11 is 0. The van der Waals surface area contributed by atoms with Crippen molar-refractivity contribution in [3.63, 3.8) is 0 Å². The molecule has 0 atom stereocenters. The number of hydrogen-bond donors (Lipinski definition) is 2. The van der Waals surface area contributed by atoms with Gasteiger partial charge in [0.15, 0.2) is 0 Å². The number of pyridine rings is 1. The first kappa shape index (κ1) is 24.1. The fourth-order valence-corrected chi connectivity index (χ4v) is 4.74. The fraction of sp³-hybridized carbons (Fsp3) is 0.207. The molecule has 2 heterocycles. The zero-order chi connectivity index (χ0) is 25.8. The third-order valence-corrected chi connectivity index (χ3v) is 6.43. The SMILES string of the molecule is CCOc1ccc(-n2c(O)c(/C=N/NC(=O)CN3CCCc4ccccc43)c3ccccc3c2=O)cc1. The average molecular weight is 497 g/mol. The molecular formula is C29H28N4O4. The molecule has 1 aliphatic rings. The van der Waals surface area contributed by atoms with Gasteiger partial charge in [-0.1, -0.05) is 36.4 Å². The van der Waals surface area contributed by atoms with Gasteiger partial charge in [-0.05, 0) is 61.7 Å². The van der Waals surface area contributed by atoms with Crippen molar-refractivity contribution in [2.45, 2.75) is 19.8 Å². The van der Waals surface area contributed by atoms with Crippen molar-refractivity contribution in [2.75, 3.05) is 24.6 Å². The van der Waals surface area contributed by atoms with E-state index in [1.54, 1.807) is 48.5 Å². The van der Waals surface area contributed by atoms with Gasteiger partial charge in [-0.3, -0.25) is 9.59 Å². The van der Waals surface area contributed by atoms with Gasteiger partial charge in [-0.2, -0.15) is 5.10 Å². The molecule has 0 saturated carbocycles. The van der Waals surface area contributed by atoms with Crippen molar-refractivity contribution < 1.29 is 14.6 Å². The van der Waals surface area contributed by atoms with Crippen LogP contribution in [0.5, 0.6) is 11.6 Å². The van der Waals surface area contributed by atoms with E-state index in [4.69, 9.17) is 4.74 Å². The predicted octanol–water partition coefficient (Wildman–Crippen LogP) is 4.00. The van der Waals surface area contributed by atoms with Gasteiger partial charge in [-0.25, -0.2) is 9.99 Å². The van der Waals surface area contributed by atoms with E-state index in [1.807, 2.05) is 30.0 Å². The maximum absolute atomic E-state index is 13.3. The lowest BCUT2D eigenvalue weighted by Gasteiger charge is -2.30. The Hall–Kier alpha value is -4.59. The molecule has 8 heteroatoms. The fourth-order valence-electron chi connectivity index (χ4n) is 4.74. The molecule has 0 aliphatic carbocycles. The van der Waals surface area contributed by atoms with Crippen LogP contribution in [0.2, 0.25) is 0 Å². The summed E-state index contributed by atoms with van der Waals surface area (Å²) in [5.74, 6) is 0.132. The standard InChI is InChI=1S/C29H28N4O4/c1-2-37-22-15-13-21(14-16-22)33-28(35)24-11-5-4-10-23(24)25(29(33)36)18-30-31-27(34)19-32-17-7-9-20-8-3-6-12-26(20)32/h3-6,8,10-16,18,36H,2,7,9,17,19H2,1H3,(H,31,34)/b30-18+. The van der Waals surface area contributed by atoms with Crippen LogP contribution < -0.4 is 20.6 Å². The Bertz CT molecular complexity index is 1530. The van der Waals surface area contributed by atoms with Gasteiger partial charge >= 0.3 is 0 Å².